The van der Waals surface area contributed by atoms with E-state index in [1.54, 1.807) is 24.3 Å². The van der Waals surface area contributed by atoms with Crippen LogP contribution in [0, 0.1) is 11.8 Å². The Kier molecular flexibility index (Phi) is 10.8. The highest BCUT2D eigenvalue weighted by atomic mass is 35.5. The number of carbonyl (C=O) groups excluding carboxylic acids is 3. The second-order valence-electron chi connectivity index (χ2n) is 10.4. The highest BCUT2D eigenvalue weighted by molar-refractivity contribution is 6.30. The van der Waals surface area contributed by atoms with Crippen LogP contribution in [0.3, 0.4) is 0 Å². The first-order valence-corrected chi connectivity index (χ1v) is 14.2. The topological polar surface area (TPSA) is 120 Å². The Hall–Kier alpha value is -3.88. The standard InChI is InChI=1S/C32H36ClN3O5/c1-21(37)25-10-14-28(15-11-25)36-41-32(39)30(35-31(38)26-8-2-23(19-34)3-9-26)18-22-6-16-29(17-7-22)40-20-24-4-12-27(33)13-5-24/h4-7,10-17,23,26,30,36H,2-3,8-9,18-20,34H2,1H3,(H,35,38)/t23?,26?,30-/m0/s1. The monoisotopic (exact) mass is 577 g/mol. The van der Waals surface area contributed by atoms with Gasteiger partial charge in [0.25, 0.3) is 0 Å². The van der Waals surface area contributed by atoms with E-state index in [9.17, 15) is 14.4 Å². The fourth-order valence-electron chi connectivity index (χ4n) is 4.80. The van der Waals surface area contributed by atoms with E-state index in [1.807, 2.05) is 48.5 Å². The molecule has 1 aliphatic carbocycles. The van der Waals surface area contributed by atoms with Crippen molar-refractivity contribution in [1.82, 2.24) is 5.32 Å². The Morgan fingerprint density at radius 2 is 1.54 bits per heavy atom. The molecule has 0 spiro atoms. The zero-order chi connectivity index (χ0) is 29.2. The van der Waals surface area contributed by atoms with Crippen molar-refractivity contribution in [3.63, 3.8) is 0 Å². The van der Waals surface area contributed by atoms with Crippen LogP contribution in [0.5, 0.6) is 5.75 Å². The largest absolute Gasteiger partial charge is 0.489 e. The third-order valence-corrected chi connectivity index (χ3v) is 7.65. The van der Waals surface area contributed by atoms with Crippen molar-refractivity contribution >= 4 is 34.9 Å². The van der Waals surface area contributed by atoms with Crippen molar-refractivity contribution in [3.8, 4) is 5.75 Å². The Balaban J connectivity index is 1.39. The molecule has 3 aromatic carbocycles. The average Bonchev–Trinajstić information content (AvgIpc) is 3.00. The number of carbonyl (C=O) groups is 3. The minimum absolute atomic E-state index is 0.0572. The molecule has 3 aromatic rings. The zero-order valence-corrected chi connectivity index (χ0v) is 23.9. The Morgan fingerprint density at radius 3 is 2.15 bits per heavy atom. The lowest BCUT2D eigenvalue weighted by Crippen LogP contribution is -2.47. The van der Waals surface area contributed by atoms with E-state index in [0.29, 0.717) is 41.1 Å². The molecular formula is C32H36ClN3O5. The molecule has 1 atom stereocenters. The number of ketones is 1. The fraction of sp³-hybridized carbons (Fsp3) is 0.344. The summed E-state index contributed by atoms with van der Waals surface area (Å²) in [6.07, 6.45) is 3.54. The minimum Gasteiger partial charge on any atom is -0.489 e. The van der Waals surface area contributed by atoms with Crippen LogP contribution in [0.4, 0.5) is 5.69 Å². The van der Waals surface area contributed by atoms with Gasteiger partial charge in [-0.1, -0.05) is 35.9 Å². The van der Waals surface area contributed by atoms with Gasteiger partial charge in [0.05, 0.1) is 5.69 Å². The molecule has 0 aliphatic heterocycles. The maximum Gasteiger partial charge on any atom is 0.354 e. The van der Waals surface area contributed by atoms with Gasteiger partial charge in [0.2, 0.25) is 5.91 Å². The van der Waals surface area contributed by atoms with Crippen LogP contribution in [0.15, 0.2) is 72.8 Å². The van der Waals surface area contributed by atoms with Crippen LogP contribution >= 0.6 is 11.6 Å². The highest BCUT2D eigenvalue weighted by Gasteiger charge is 2.30. The summed E-state index contributed by atoms with van der Waals surface area (Å²) in [5, 5.41) is 3.59. The van der Waals surface area contributed by atoms with Gasteiger partial charge >= 0.3 is 5.97 Å². The van der Waals surface area contributed by atoms with Crippen molar-refractivity contribution in [3.05, 3.63) is 94.5 Å². The van der Waals surface area contributed by atoms with E-state index in [1.165, 1.54) is 6.92 Å². The number of anilines is 1. The van der Waals surface area contributed by atoms with E-state index in [2.05, 4.69) is 10.8 Å². The van der Waals surface area contributed by atoms with Gasteiger partial charge in [-0.25, -0.2) is 10.3 Å². The van der Waals surface area contributed by atoms with Gasteiger partial charge in [-0.3, -0.25) is 9.59 Å². The fourth-order valence-corrected chi connectivity index (χ4v) is 4.93. The molecule has 4 N–H and O–H groups in total. The predicted octanol–water partition coefficient (Wildman–Crippen LogP) is 5.48. The molecule has 0 radical (unpaired) electrons. The first kappa shape index (κ1) is 30.1. The van der Waals surface area contributed by atoms with Gasteiger partial charge in [-0.2, -0.15) is 0 Å². The van der Waals surface area contributed by atoms with Gasteiger partial charge in [0, 0.05) is 22.9 Å². The molecule has 216 valence electrons. The molecule has 0 heterocycles. The lowest BCUT2D eigenvalue weighted by atomic mass is 9.81. The SMILES string of the molecule is CC(=O)c1ccc(NOC(=O)[C@H](Cc2ccc(OCc3ccc(Cl)cc3)cc2)NC(=O)C2CCC(CN)CC2)cc1. The third-order valence-electron chi connectivity index (χ3n) is 7.39. The highest BCUT2D eigenvalue weighted by Crippen LogP contribution is 2.28. The number of nitrogens with one attached hydrogen (secondary N) is 2. The number of nitrogens with two attached hydrogens (primary N) is 1. The maximum absolute atomic E-state index is 13.2. The van der Waals surface area contributed by atoms with Crippen LogP contribution in [0.2, 0.25) is 5.02 Å². The summed E-state index contributed by atoms with van der Waals surface area (Å²) < 4.78 is 5.87. The first-order chi connectivity index (χ1) is 19.8. The van der Waals surface area contributed by atoms with Crippen molar-refractivity contribution in [1.29, 1.82) is 0 Å². The van der Waals surface area contributed by atoms with E-state index < -0.39 is 12.0 Å². The Morgan fingerprint density at radius 1 is 0.902 bits per heavy atom. The van der Waals surface area contributed by atoms with Gasteiger partial charge in [0.1, 0.15) is 18.4 Å². The number of hydrogen-bond donors (Lipinski definition) is 3. The van der Waals surface area contributed by atoms with Gasteiger partial charge in [0.15, 0.2) is 5.78 Å². The number of ether oxygens (including phenoxy) is 1. The smallest absolute Gasteiger partial charge is 0.354 e. The van der Waals surface area contributed by atoms with E-state index in [4.69, 9.17) is 26.9 Å². The number of rotatable bonds is 12. The summed E-state index contributed by atoms with van der Waals surface area (Å²) in [5.74, 6) is 0.129. The van der Waals surface area contributed by atoms with Crippen LogP contribution in [-0.2, 0) is 27.5 Å². The van der Waals surface area contributed by atoms with Gasteiger partial charge < -0.3 is 20.6 Å². The van der Waals surface area contributed by atoms with Gasteiger partial charge in [-0.15, -0.1) is 0 Å². The van der Waals surface area contributed by atoms with E-state index in [0.717, 1.165) is 36.8 Å². The lowest BCUT2D eigenvalue weighted by Gasteiger charge is -2.28. The van der Waals surface area contributed by atoms with Crippen molar-refractivity contribution < 1.29 is 24.0 Å². The van der Waals surface area contributed by atoms with E-state index in [-0.39, 0.29) is 24.0 Å². The van der Waals surface area contributed by atoms with Crippen molar-refractivity contribution in [2.24, 2.45) is 17.6 Å². The summed E-state index contributed by atoms with van der Waals surface area (Å²) in [6, 6.07) is 20.5. The quantitative estimate of drug-likeness (QED) is 0.192. The second kappa shape index (κ2) is 14.7. The molecule has 0 saturated heterocycles. The molecule has 4 rings (SSSR count). The molecule has 41 heavy (non-hydrogen) atoms. The number of amides is 1. The van der Waals surface area contributed by atoms with Crippen LogP contribution < -0.4 is 21.3 Å². The number of Topliss-reactive ketones (excluding diaryl/α,β-unsaturated/α-hetero) is 1. The molecule has 1 fully saturated rings. The molecule has 8 nitrogen and oxygen atoms in total. The zero-order valence-electron chi connectivity index (χ0n) is 23.1. The molecule has 0 aromatic heterocycles. The summed E-state index contributed by atoms with van der Waals surface area (Å²) in [6.45, 7) is 2.51. The summed E-state index contributed by atoms with van der Waals surface area (Å²) in [7, 11) is 0. The predicted molar refractivity (Wildman–Crippen MR) is 159 cm³/mol. The molecule has 1 aliphatic rings. The lowest BCUT2D eigenvalue weighted by molar-refractivity contribution is -0.145. The Labute approximate surface area is 245 Å². The number of halogens is 1. The maximum atomic E-state index is 13.2. The normalized spacial score (nSPS) is 17.2. The van der Waals surface area contributed by atoms with Crippen LogP contribution in [-0.4, -0.2) is 30.2 Å². The number of benzene rings is 3. The minimum atomic E-state index is -0.903. The molecule has 1 saturated carbocycles. The van der Waals surface area contributed by atoms with Crippen LogP contribution in [0.1, 0.15) is 54.1 Å². The molecule has 9 heteroatoms. The van der Waals surface area contributed by atoms with Crippen LogP contribution in [0.25, 0.3) is 0 Å². The summed E-state index contributed by atoms with van der Waals surface area (Å²) >= 11 is 5.94. The average molecular weight is 578 g/mol. The Bertz CT molecular complexity index is 1300. The summed E-state index contributed by atoms with van der Waals surface area (Å²) in [4.78, 5) is 43.2. The molecule has 0 bridgehead atoms. The summed E-state index contributed by atoms with van der Waals surface area (Å²) in [5.41, 5.74) is 11.3. The van der Waals surface area contributed by atoms with Crippen molar-refractivity contribution in [2.45, 2.75) is 51.7 Å². The third kappa shape index (κ3) is 9.06. The number of hydrogen-bond acceptors (Lipinski definition) is 7. The molecular weight excluding hydrogens is 542 g/mol. The second-order valence-corrected chi connectivity index (χ2v) is 10.9. The van der Waals surface area contributed by atoms with Crippen molar-refractivity contribution in [2.75, 3.05) is 12.0 Å². The first-order valence-electron chi connectivity index (χ1n) is 13.8. The van der Waals surface area contributed by atoms with E-state index >= 15 is 0 Å². The molecule has 1 amide bonds. The van der Waals surface area contributed by atoms with Gasteiger partial charge in [-0.05, 0) is 105 Å². The molecule has 0 unspecified atom stereocenters.